The zero-order chi connectivity index (χ0) is 23.0. The third-order valence-corrected chi connectivity index (χ3v) is 6.16. The number of carbonyl (C=O) groups excluding carboxylic acids is 2. The number of carbonyl (C=O) groups is 2. The Kier molecular flexibility index (Phi) is 5.59. The van der Waals surface area contributed by atoms with Gasteiger partial charge in [0.1, 0.15) is 5.71 Å². The van der Waals surface area contributed by atoms with E-state index in [9.17, 15) is 9.59 Å². The number of aliphatic imine (C=N–C) groups is 2. The first-order chi connectivity index (χ1) is 15.2. The molecule has 3 aliphatic rings. The number of piperidine rings is 1. The number of nitrogens with zero attached hydrogens (tertiary/aromatic N) is 5. The van der Waals surface area contributed by atoms with Crippen LogP contribution in [-0.2, 0) is 4.79 Å². The van der Waals surface area contributed by atoms with Gasteiger partial charge in [0.2, 0.25) is 0 Å². The number of likely N-dealkylation sites (tertiary alicyclic amines) is 1. The third kappa shape index (κ3) is 3.91. The number of hydrogen-bond acceptors (Lipinski definition) is 9. The van der Waals surface area contributed by atoms with Crippen LogP contribution in [-0.4, -0.2) is 70.1 Å². The molecule has 1 aromatic rings. The molecule has 0 atom stereocenters. The van der Waals surface area contributed by atoms with Crippen LogP contribution >= 0.6 is 11.6 Å². The predicted octanol–water partition coefficient (Wildman–Crippen LogP) is 0.302. The third-order valence-electron chi connectivity index (χ3n) is 5.88. The molecular formula is C20H24ClN9O2. The lowest BCUT2D eigenvalue weighted by atomic mass is 9.88. The normalized spacial score (nSPS) is 19.5. The Balaban J connectivity index is 1.35. The SMILES string of the molecule is C=CC1=C(C)CN=C1C(=O)N1CCC2(CC1)CN=C(NC(=O)c1nc(Cl)c(N)nc1N)N2. The molecule has 3 aliphatic heterocycles. The maximum absolute atomic E-state index is 12.9. The zero-order valence-corrected chi connectivity index (χ0v) is 18.4. The molecule has 2 amide bonds. The van der Waals surface area contributed by atoms with E-state index in [0.29, 0.717) is 50.7 Å². The summed E-state index contributed by atoms with van der Waals surface area (Å²) in [7, 11) is 0. The number of nitrogen functional groups attached to an aromatic ring is 2. The van der Waals surface area contributed by atoms with Crippen LogP contribution in [0.15, 0.2) is 33.8 Å². The Morgan fingerprint density at radius 2 is 1.94 bits per heavy atom. The fourth-order valence-electron chi connectivity index (χ4n) is 4.00. The van der Waals surface area contributed by atoms with Gasteiger partial charge in [-0.3, -0.25) is 24.9 Å². The van der Waals surface area contributed by atoms with Crippen molar-refractivity contribution >= 4 is 46.7 Å². The molecule has 32 heavy (non-hydrogen) atoms. The van der Waals surface area contributed by atoms with E-state index < -0.39 is 5.91 Å². The van der Waals surface area contributed by atoms with Gasteiger partial charge < -0.3 is 21.7 Å². The fourth-order valence-corrected chi connectivity index (χ4v) is 4.13. The minimum atomic E-state index is -0.592. The summed E-state index contributed by atoms with van der Waals surface area (Å²) < 4.78 is 0. The lowest BCUT2D eigenvalue weighted by molar-refractivity contribution is -0.125. The number of guanidine groups is 1. The molecular weight excluding hydrogens is 434 g/mol. The summed E-state index contributed by atoms with van der Waals surface area (Å²) in [5.74, 6) is -0.523. The van der Waals surface area contributed by atoms with E-state index in [-0.39, 0.29) is 33.9 Å². The molecule has 0 aromatic carbocycles. The van der Waals surface area contributed by atoms with E-state index in [0.717, 1.165) is 11.1 Å². The minimum absolute atomic E-state index is 0.0493. The summed E-state index contributed by atoms with van der Waals surface area (Å²) in [6.07, 6.45) is 3.05. The smallest absolute Gasteiger partial charge is 0.280 e. The average Bonchev–Trinajstić information content (AvgIpc) is 3.33. The molecule has 6 N–H and O–H groups in total. The van der Waals surface area contributed by atoms with Crippen LogP contribution < -0.4 is 22.1 Å². The van der Waals surface area contributed by atoms with Crippen molar-refractivity contribution in [3.8, 4) is 0 Å². The highest BCUT2D eigenvalue weighted by molar-refractivity contribution is 6.46. The quantitative estimate of drug-likeness (QED) is 0.506. The number of amides is 2. The zero-order valence-electron chi connectivity index (χ0n) is 17.6. The van der Waals surface area contributed by atoms with Crippen molar-refractivity contribution in [1.82, 2.24) is 25.5 Å². The van der Waals surface area contributed by atoms with Gasteiger partial charge in [-0.1, -0.05) is 24.3 Å². The van der Waals surface area contributed by atoms with Crippen LogP contribution in [0.1, 0.15) is 30.3 Å². The van der Waals surface area contributed by atoms with E-state index in [1.165, 1.54) is 0 Å². The van der Waals surface area contributed by atoms with Gasteiger partial charge in [0.25, 0.3) is 11.8 Å². The first-order valence-corrected chi connectivity index (χ1v) is 10.5. The lowest BCUT2D eigenvalue weighted by Crippen LogP contribution is -2.57. The van der Waals surface area contributed by atoms with E-state index >= 15 is 0 Å². The highest BCUT2D eigenvalue weighted by atomic mass is 35.5. The molecule has 168 valence electrons. The number of allylic oxidation sites excluding steroid dienone is 1. The molecule has 0 unspecified atom stereocenters. The second-order valence-electron chi connectivity index (χ2n) is 8.01. The van der Waals surface area contributed by atoms with Crippen molar-refractivity contribution in [2.45, 2.75) is 25.3 Å². The van der Waals surface area contributed by atoms with Crippen molar-refractivity contribution < 1.29 is 9.59 Å². The molecule has 1 aromatic heterocycles. The van der Waals surface area contributed by atoms with E-state index in [1.54, 1.807) is 11.0 Å². The van der Waals surface area contributed by atoms with Crippen LogP contribution in [0.25, 0.3) is 0 Å². The van der Waals surface area contributed by atoms with Crippen LogP contribution in [0.4, 0.5) is 11.6 Å². The van der Waals surface area contributed by atoms with Crippen molar-refractivity contribution in [3.63, 3.8) is 0 Å². The van der Waals surface area contributed by atoms with Gasteiger partial charge in [0.15, 0.2) is 28.4 Å². The average molecular weight is 458 g/mol. The standard InChI is InChI=1S/C20H24ClN9O2/c1-3-11-10(2)8-24-12(11)18(32)30-6-4-20(5-7-30)9-25-19(29-20)28-17(31)13-15(22)27-16(23)14(21)26-13/h3H,1,4-9H2,2H3,(H4,22,23,27)(H2,25,28,29,31). The predicted molar refractivity (Wildman–Crippen MR) is 123 cm³/mol. The molecule has 1 saturated heterocycles. The van der Waals surface area contributed by atoms with Gasteiger partial charge in [-0.05, 0) is 25.3 Å². The summed E-state index contributed by atoms with van der Waals surface area (Å²) in [6, 6.07) is 0. The second kappa shape index (κ2) is 8.23. The number of halogens is 1. The Morgan fingerprint density at radius 1 is 1.22 bits per heavy atom. The van der Waals surface area contributed by atoms with Crippen LogP contribution in [0.3, 0.4) is 0 Å². The van der Waals surface area contributed by atoms with Gasteiger partial charge in [0, 0.05) is 18.7 Å². The molecule has 0 saturated carbocycles. The second-order valence-corrected chi connectivity index (χ2v) is 8.37. The number of nitrogens with two attached hydrogens (primary N) is 2. The molecule has 4 rings (SSSR count). The Labute approximate surface area is 189 Å². The lowest BCUT2D eigenvalue weighted by Gasteiger charge is -2.39. The Morgan fingerprint density at radius 3 is 2.62 bits per heavy atom. The highest BCUT2D eigenvalue weighted by Crippen LogP contribution is 2.27. The number of nitrogens with one attached hydrogen (secondary N) is 2. The van der Waals surface area contributed by atoms with E-state index in [1.807, 2.05) is 6.92 Å². The molecule has 11 nitrogen and oxygen atoms in total. The van der Waals surface area contributed by atoms with E-state index in [2.05, 4.69) is 37.2 Å². The molecule has 12 heteroatoms. The first-order valence-electron chi connectivity index (χ1n) is 10.1. The first kappa shape index (κ1) is 21.8. The van der Waals surface area contributed by atoms with Crippen molar-refractivity contribution in [1.29, 1.82) is 0 Å². The van der Waals surface area contributed by atoms with Crippen LogP contribution in [0.2, 0.25) is 5.15 Å². The van der Waals surface area contributed by atoms with Crippen LogP contribution in [0, 0.1) is 0 Å². The fraction of sp³-hybridized carbons (Fsp3) is 0.400. The summed E-state index contributed by atoms with van der Waals surface area (Å²) in [5.41, 5.74) is 13.2. The van der Waals surface area contributed by atoms with Gasteiger partial charge in [-0.2, -0.15) is 0 Å². The van der Waals surface area contributed by atoms with Crippen LogP contribution in [0.5, 0.6) is 0 Å². The monoisotopic (exact) mass is 457 g/mol. The Hall–Kier alpha value is -3.47. The van der Waals surface area contributed by atoms with Gasteiger partial charge >= 0.3 is 0 Å². The van der Waals surface area contributed by atoms with Crippen molar-refractivity contribution in [2.24, 2.45) is 9.98 Å². The van der Waals surface area contributed by atoms with E-state index in [4.69, 9.17) is 23.1 Å². The molecule has 0 bridgehead atoms. The number of hydrogen-bond donors (Lipinski definition) is 4. The molecule has 0 aliphatic carbocycles. The molecule has 0 radical (unpaired) electrons. The largest absolute Gasteiger partial charge is 0.382 e. The van der Waals surface area contributed by atoms with Crippen molar-refractivity contribution in [3.05, 3.63) is 34.6 Å². The highest BCUT2D eigenvalue weighted by Gasteiger charge is 2.41. The molecule has 4 heterocycles. The summed E-state index contributed by atoms with van der Waals surface area (Å²) >= 11 is 5.85. The summed E-state index contributed by atoms with van der Waals surface area (Å²) in [4.78, 5) is 43.8. The minimum Gasteiger partial charge on any atom is -0.382 e. The van der Waals surface area contributed by atoms with Gasteiger partial charge in [-0.15, -0.1) is 0 Å². The van der Waals surface area contributed by atoms with Crippen molar-refractivity contribution in [2.75, 3.05) is 37.6 Å². The maximum atomic E-state index is 12.9. The summed E-state index contributed by atoms with van der Waals surface area (Å²) in [6.45, 7) is 7.87. The summed E-state index contributed by atoms with van der Waals surface area (Å²) in [5, 5.41) is 5.84. The van der Waals surface area contributed by atoms with Gasteiger partial charge in [-0.25, -0.2) is 9.97 Å². The molecule has 1 spiro atoms. The number of rotatable bonds is 3. The van der Waals surface area contributed by atoms with Gasteiger partial charge in [0.05, 0.1) is 18.6 Å². The maximum Gasteiger partial charge on any atom is 0.280 e. The topological polar surface area (TPSA) is 164 Å². The number of aromatic nitrogens is 2. The Bertz CT molecular complexity index is 1100. The number of anilines is 2. The molecule has 1 fully saturated rings.